The molecule has 3 nitrogen and oxygen atoms in total. The van der Waals surface area contributed by atoms with Crippen LogP contribution in [0.25, 0.3) is 22.4 Å². The molecule has 3 rings (SSSR count). The molecule has 0 fully saturated rings. The fourth-order valence-corrected chi connectivity index (χ4v) is 2.67. The number of anilines is 1. The molecule has 0 radical (unpaired) electrons. The van der Waals surface area contributed by atoms with Crippen molar-refractivity contribution in [3.8, 4) is 11.4 Å². The summed E-state index contributed by atoms with van der Waals surface area (Å²) in [4.78, 5) is 4.40. The predicted molar refractivity (Wildman–Crippen MR) is 80.2 cm³/mol. The topological polar surface area (TPSA) is 43.8 Å². The molecule has 2 aromatic carbocycles. The first kappa shape index (κ1) is 12.9. The van der Waals surface area contributed by atoms with Crippen LogP contribution in [0.15, 0.2) is 36.4 Å². The highest BCUT2D eigenvalue weighted by Gasteiger charge is 2.18. The van der Waals surface area contributed by atoms with Gasteiger partial charge in [0.2, 0.25) is 0 Å². The molecule has 2 N–H and O–H groups in total. The normalized spacial score (nSPS) is 11.2. The molecule has 3 aromatic rings. The van der Waals surface area contributed by atoms with Crippen molar-refractivity contribution in [2.75, 3.05) is 5.73 Å². The van der Waals surface area contributed by atoms with Gasteiger partial charge in [0.25, 0.3) is 0 Å². The van der Waals surface area contributed by atoms with Gasteiger partial charge in [-0.05, 0) is 31.2 Å². The predicted octanol–water partition coefficient (Wildman–Crippen LogP) is 4.10. The maximum Gasteiger partial charge on any atom is 0.151 e. The van der Waals surface area contributed by atoms with E-state index in [1.54, 1.807) is 24.3 Å². The molecule has 0 saturated heterocycles. The zero-order valence-corrected chi connectivity index (χ0v) is 11.7. The number of hydrogen-bond acceptors (Lipinski definition) is 2. The third-order valence-corrected chi connectivity index (χ3v) is 3.63. The maximum absolute atomic E-state index is 13.9. The van der Waals surface area contributed by atoms with Crippen molar-refractivity contribution in [3.63, 3.8) is 0 Å². The standard InChI is InChI=1S/C15H13ClFN3/c1-2-20-12-8-4-6-10(17)14(12)19-15(20)13-9(16)5-3-7-11(13)18/h3-8H,2,18H2,1H3. The van der Waals surface area contributed by atoms with E-state index in [1.165, 1.54) is 6.07 Å². The van der Waals surface area contributed by atoms with Crippen LogP contribution < -0.4 is 5.73 Å². The second-order valence-corrected chi connectivity index (χ2v) is 4.90. The highest BCUT2D eigenvalue weighted by atomic mass is 35.5. The van der Waals surface area contributed by atoms with E-state index in [1.807, 2.05) is 17.6 Å². The van der Waals surface area contributed by atoms with E-state index in [4.69, 9.17) is 17.3 Å². The van der Waals surface area contributed by atoms with Crippen LogP contribution in [0.3, 0.4) is 0 Å². The number of aryl methyl sites for hydroxylation is 1. The van der Waals surface area contributed by atoms with E-state index in [0.29, 0.717) is 34.2 Å². The number of fused-ring (bicyclic) bond motifs is 1. The number of halogens is 2. The first-order chi connectivity index (χ1) is 9.63. The first-order valence-electron chi connectivity index (χ1n) is 6.32. The maximum atomic E-state index is 13.9. The summed E-state index contributed by atoms with van der Waals surface area (Å²) in [5.41, 5.74) is 8.26. The summed E-state index contributed by atoms with van der Waals surface area (Å²) < 4.78 is 15.8. The SMILES string of the molecule is CCn1c(-c2c(N)cccc2Cl)nc2c(F)cccc21. The van der Waals surface area contributed by atoms with Crippen molar-refractivity contribution < 1.29 is 4.39 Å². The minimum Gasteiger partial charge on any atom is -0.398 e. The second-order valence-electron chi connectivity index (χ2n) is 4.49. The van der Waals surface area contributed by atoms with Crippen LogP contribution in [0, 0.1) is 5.82 Å². The summed E-state index contributed by atoms with van der Waals surface area (Å²) in [5, 5.41) is 0.510. The van der Waals surface area contributed by atoms with Crippen LogP contribution in [-0.2, 0) is 6.54 Å². The quantitative estimate of drug-likeness (QED) is 0.722. The van der Waals surface area contributed by atoms with E-state index >= 15 is 0 Å². The average molecular weight is 290 g/mol. The lowest BCUT2D eigenvalue weighted by Crippen LogP contribution is -2.00. The summed E-state index contributed by atoms with van der Waals surface area (Å²) in [5.74, 6) is 0.247. The molecule has 0 atom stereocenters. The number of nitrogen functional groups attached to an aromatic ring is 1. The van der Waals surface area contributed by atoms with Crippen molar-refractivity contribution >= 4 is 28.3 Å². The van der Waals surface area contributed by atoms with E-state index in [0.717, 1.165) is 5.52 Å². The molecule has 0 amide bonds. The van der Waals surface area contributed by atoms with Gasteiger partial charge in [0.05, 0.1) is 16.1 Å². The van der Waals surface area contributed by atoms with Crippen molar-refractivity contribution in [2.24, 2.45) is 0 Å². The number of imidazole rings is 1. The van der Waals surface area contributed by atoms with Crippen molar-refractivity contribution in [1.82, 2.24) is 9.55 Å². The Kier molecular flexibility index (Phi) is 3.10. The first-order valence-corrected chi connectivity index (χ1v) is 6.70. The molecular weight excluding hydrogens is 277 g/mol. The van der Waals surface area contributed by atoms with Gasteiger partial charge in [-0.1, -0.05) is 23.7 Å². The van der Waals surface area contributed by atoms with Crippen molar-refractivity contribution in [2.45, 2.75) is 13.5 Å². The molecular formula is C15H13ClFN3. The molecule has 0 saturated carbocycles. The summed E-state index contributed by atoms with van der Waals surface area (Å²) in [7, 11) is 0. The van der Waals surface area contributed by atoms with Crippen LogP contribution in [0.4, 0.5) is 10.1 Å². The Morgan fingerprint density at radius 3 is 2.70 bits per heavy atom. The van der Waals surface area contributed by atoms with Gasteiger partial charge in [0, 0.05) is 12.2 Å². The Morgan fingerprint density at radius 1 is 1.25 bits per heavy atom. The number of hydrogen-bond donors (Lipinski definition) is 1. The van der Waals surface area contributed by atoms with Gasteiger partial charge in [-0.25, -0.2) is 9.37 Å². The van der Waals surface area contributed by atoms with Crippen LogP contribution in [0.2, 0.25) is 5.02 Å². The highest BCUT2D eigenvalue weighted by molar-refractivity contribution is 6.33. The Bertz CT molecular complexity index is 775. The largest absolute Gasteiger partial charge is 0.398 e. The van der Waals surface area contributed by atoms with Gasteiger partial charge in [-0.15, -0.1) is 0 Å². The lowest BCUT2D eigenvalue weighted by molar-refractivity contribution is 0.637. The monoisotopic (exact) mass is 289 g/mol. The minimum absolute atomic E-state index is 0.337. The second kappa shape index (κ2) is 4.80. The number of para-hydroxylation sites is 1. The molecule has 0 bridgehead atoms. The fourth-order valence-electron chi connectivity index (χ4n) is 2.40. The molecule has 0 aliphatic carbocycles. The van der Waals surface area contributed by atoms with Gasteiger partial charge >= 0.3 is 0 Å². The van der Waals surface area contributed by atoms with E-state index in [-0.39, 0.29) is 5.82 Å². The zero-order chi connectivity index (χ0) is 14.3. The van der Waals surface area contributed by atoms with Crippen molar-refractivity contribution in [1.29, 1.82) is 0 Å². The molecule has 0 spiro atoms. The zero-order valence-electron chi connectivity index (χ0n) is 10.9. The number of nitrogens with zero attached hydrogens (tertiary/aromatic N) is 2. The molecule has 0 unspecified atom stereocenters. The van der Waals surface area contributed by atoms with E-state index in [2.05, 4.69) is 4.98 Å². The van der Waals surface area contributed by atoms with Gasteiger partial charge in [0.1, 0.15) is 11.3 Å². The molecule has 5 heteroatoms. The molecule has 0 aliphatic rings. The Hall–Kier alpha value is -2.07. The molecule has 0 aliphatic heterocycles. The summed E-state index contributed by atoms with van der Waals surface area (Å²) >= 11 is 6.23. The van der Waals surface area contributed by atoms with Crippen molar-refractivity contribution in [3.05, 3.63) is 47.2 Å². The molecule has 102 valence electrons. The highest BCUT2D eigenvalue weighted by Crippen LogP contribution is 2.35. The lowest BCUT2D eigenvalue weighted by atomic mass is 10.1. The fraction of sp³-hybridized carbons (Fsp3) is 0.133. The molecule has 20 heavy (non-hydrogen) atoms. The average Bonchev–Trinajstić information content (AvgIpc) is 2.78. The summed E-state index contributed by atoms with van der Waals surface area (Å²) in [6.45, 7) is 2.63. The smallest absolute Gasteiger partial charge is 0.151 e. The Labute approximate surface area is 120 Å². The number of benzene rings is 2. The number of nitrogens with two attached hydrogens (primary N) is 1. The van der Waals surface area contributed by atoms with Crippen LogP contribution in [0.1, 0.15) is 6.92 Å². The minimum atomic E-state index is -0.346. The third-order valence-electron chi connectivity index (χ3n) is 3.32. The van der Waals surface area contributed by atoms with Gasteiger partial charge in [-0.3, -0.25) is 0 Å². The van der Waals surface area contributed by atoms with Crippen LogP contribution in [0.5, 0.6) is 0 Å². The lowest BCUT2D eigenvalue weighted by Gasteiger charge is -2.10. The van der Waals surface area contributed by atoms with Gasteiger partial charge < -0.3 is 10.3 Å². The summed E-state index contributed by atoms with van der Waals surface area (Å²) in [6.07, 6.45) is 0. The van der Waals surface area contributed by atoms with Crippen LogP contribution in [-0.4, -0.2) is 9.55 Å². The number of aromatic nitrogens is 2. The number of rotatable bonds is 2. The Morgan fingerprint density at radius 2 is 2.00 bits per heavy atom. The van der Waals surface area contributed by atoms with Gasteiger partial charge in [-0.2, -0.15) is 0 Å². The Balaban J connectivity index is 2.40. The van der Waals surface area contributed by atoms with Crippen LogP contribution >= 0.6 is 11.6 Å². The summed E-state index contributed by atoms with van der Waals surface area (Å²) in [6, 6.07) is 10.2. The molecule has 1 aromatic heterocycles. The molecule has 1 heterocycles. The van der Waals surface area contributed by atoms with E-state index in [9.17, 15) is 4.39 Å². The van der Waals surface area contributed by atoms with E-state index < -0.39 is 0 Å². The third kappa shape index (κ3) is 1.84. The van der Waals surface area contributed by atoms with Gasteiger partial charge in [0.15, 0.2) is 5.82 Å².